The highest BCUT2D eigenvalue weighted by Crippen LogP contribution is 2.10. The van der Waals surface area contributed by atoms with Crippen molar-refractivity contribution in [2.75, 3.05) is 0 Å². The average Bonchev–Trinajstić information content (AvgIpc) is 2.98. The molecule has 0 saturated carbocycles. The molecule has 0 radical (unpaired) electrons. The van der Waals surface area contributed by atoms with Gasteiger partial charge in [-0.3, -0.25) is 4.68 Å². The molecule has 0 aliphatic heterocycles. The summed E-state index contributed by atoms with van der Waals surface area (Å²) in [6, 6.07) is 12.3. The smallest absolute Gasteiger partial charge is 0.0991 e. The summed E-state index contributed by atoms with van der Waals surface area (Å²) in [6.45, 7) is 5.08. The summed E-state index contributed by atoms with van der Waals surface area (Å²) in [5, 5.41) is 16.5. The number of hydrogen-bond acceptors (Lipinski definition) is 3. The van der Waals surface area contributed by atoms with Gasteiger partial charge < -0.3 is 5.32 Å². The number of aromatic nitrogens is 2. The molecule has 0 fully saturated rings. The second-order valence-corrected chi connectivity index (χ2v) is 4.70. The highest BCUT2D eigenvalue weighted by atomic mass is 15.3. The van der Waals surface area contributed by atoms with Crippen molar-refractivity contribution in [1.29, 1.82) is 5.26 Å². The van der Waals surface area contributed by atoms with Gasteiger partial charge >= 0.3 is 0 Å². The van der Waals surface area contributed by atoms with Gasteiger partial charge in [0, 0.05) is 25.0 Å². The third kappa shape index (κ3) is 3.43. The molecule has 2 aromatic rings. The molecule has 0 aliphatic carbocycles. The van der Waals surface area contributed by atoms with Gasteiger partial charge in [0.05, 0.1) is 17.7 Å². The van der Waals surface area contributed by atoms with E-state index in [0.717, 1.165) is 6.54 Å². The first kappa shape index (κ1) is 13.3. The number of nitrogens with one attached hydrogen (secondary N) is 1. The van der Waals surface area contributed by atoms with Gasteiger partial charge in [-0.25, -0.2) is 0 Å². The Morgan fingerprint density at radius 2 is 2.05 bits per heavy atom. The lowest BCUT2D eigenvalue weighted by atomic mass is 10.1. The Labute approximate surface area is 113 Å². The van der Waals surface area contributed by atoms with Crippen LogP contribution in [0.25, 0.3) is 0 Å². The Morgan fingerprint density at radius 1 is 1.32 bits per heavy atom. The van der Waals surface area contributed by atoms with Crippen LogP contribution in [-0.4, -0.2) is 15.8 Å². The topological polar surface area (TPSA) is 53.6 Å². The van der Waals surface area contributed by atoms with Crippen molar-refractivity contribution in [1.82, 2.24) is 15.1 Å². The lowest BCUT2D eigenvalue weighted by Crippen LogP contribution is -2.33. The third-order valence-electron chi connectivity index (χ3n) is 3.38. The zero-order valence-corrected chi connectivity index (χ0v) is 11.2. The van der Waals surface area contributed by atoms with E-state index in [-0.39, 0.29) is 0 Å². The number of nitriles is 1. The van der Waals surface area contributed by atoms with Gasteiger partial charge in [-0.15, -0.1) is 0 Å². The molecule has 4 nitrogen and oxygen atoms in total. The quantitative estimate of drug-likeness (QED) is 0.892. The minimum Gasteiger partial charge on any atom is -0.308 e. The van der Waals surface area contributed by atoms with Crippen LogP contribution in [-0.2, 0) is 6.54 Å². The van der Waals surface area contributed by atoms with Gasteiger partial charge in [-0.1, -0.05) is 12.1 Å². The van der Waals surface area contributed by atoms with Gasteiger partial charge in [-0.2, -0.15) is 10.4 Å². The lowest BCUT2D eigenvalue weighted by molar-refractivity contribution is 0.365. The highest BCUT2D eigenvalue weighted by Gasteiger charge is 2.13. The summed E-state index contributed by atoms with van der Waals surface area (Å²) in [5.74, 6) is 0. The second kappa shape index (κ2) is 6.17. The fraction of sp³-hybridized carbons (Fsp3) is 0.333. The highest BCUT2D eigenvalue weighted by molar-refractivity contribution is 5.31. The molecule has 2 atom stereocenters. The fourth-order valence-electron chi connectivity index (χ4n) is 1.90. The van der Waals surface area contributed by atoms with Crippen molar-refractivity contribution < 1.29 is 0 Å². The normalized spacial score (nSPS) is 13.7. The zero-order chi connectivity index (χ0) is 13.7. The first-order valence-corrected chi connectivity index (χ1v) is 6.42. The summed E-state index contributed by atoms with van der Waals surface area (Å²) < 4.78 is 1.95. The molecule has 1 aromatic carbocycles. The van der Waals surface area contributed by atoms with Crippen molar-refractivity contribution in [3.8, 4) is 6.07 Å². The first-order chi connectivity index (χ1) is 9.20. The fourth-order valence-corrected chi connectivity index (χ4v) is 1.90. The van der Waals surface area contributed by atoms with E-state index in [0.29, 0.717) is 17.6 Å². The van der Waals surface area contributed by atoms with Crippen LogP contribution in [0.5, 0.6) is 0 Å². The van der Waals surface area contributed by atoms with Crippen LogP contribution < -0.4 is 5.32 Å². The SMILES string of the molecule is C[C@H]([C@@H](C)NCc1ccc(C#N)cc1)n1cccn1. The molecule has 19 heavy (non-hydrogen) atoms. The van der Waals surface area contributed by atoms with E-state index in [1.807, 2.05) is 41.2 Å². The van der Waals surface area contributed by atoms with E-state index in [1.54, 1.807) is 6.20 Å². The summed E-state index contributed by atoms with van der Waals surface area (Å²) >= 11 is 0. The number of nitrogens with zero attached hydrogens (tertiary/aromatic N) is 3. The summed E-state index contributed by atoms with van der Waals surface area (Å²) in [7, 11) is 0. The molecule has 0 unspecified atom stereocenters. The van der Waals surface area contributed by atoms with Crippen LogP contribution in [0.15, 0.2) is 42.7 Å². The van der Waals surface area contributed by atoms with Crippen molar-refractivity contribution in [2.24, 2.45) is 0 Å². The predicted octanol–water partition coefficient (Wildman–Crippen LogP) is 2.49. The van der Waals surface area contributed by atoms with Crippen LogP contribution in [0.4, 0.5) is 0 Å². The molecule has 0 aliphatic rings. The summed E-state index contributed by atoms with van der Waals surface area (Å²) in [6.07, 6.45) is 3.77. The van der Waals surface area contributed by atoms with E-state index in [2.05, 4.69) is 30.3 Å². The van der Waals surface area contributed by atoms with Crippen LogP contribution in [0.1, 0.15) is 31.0 Å². The van der Waals surface area contributed by atoms with Crippen LogP contribution >= 0.6 is 0 Å². The van der Waals surface area contributed by atoms with Crippen molar-refractivity contribution in [2.45, 2.75) is 32.5 Å². The van der Waals surface area contributed by atoms with E-state index in [9.17, 15) is 0 Å². The molecule has 1 N–H and O–H groups in total. The monoisotopic (exact) mass is 254 g/mol. The average molecular weight is 254 g/mol. The van der Waals surface area contributed by atoms with E-state index in [1.165, 1.54) is 5.56 Å². The standard InChI is InChI=1S/C15H18N4/c1-12(13(2)19-9-3-8-18-19)17-11-15-6-4-14(10-16)5-7-15/h3-9,12-13,17H,11H2,1-2H3/t12-,13-/m1/s1. The largest absolute Gasteiger partial charge is 0.308 e. The van der Waals surface area contributed by atoms with Crippen LogP contribution in [0, 0.1) is 11.3 Å². The maximum Gasteiger partial charge on any atom is 0.0991 e. The Bertz CT molecular complexity index is 537. The molecule has 1 heterocycles. The van der Waals surface area contributed by atoms with Crippen molar-refractivity contribution >= 4 is 0 Å². The van der Waals surface area contributed by atoms with Crippen molar-refractivity contribution in [3.63, 3.8) is 0 Å². The zero-order valence-electron chi connectivity index (χ0n) is 11.2. The Hall–Kier alpha value is -2.12. The van der Waals surface area contributed by atoms with E-state index < -0.39 is 0 Å². The van der Waals surface area contributed by atoms with Gasteiger partial charge in [0.1, 0.15) is 0 Å². The van der Waals surface area contributed by atoms with Crippen LogP contribution in [0.3, 0.4) is 0 Å². The predicted molar refractivity (Wildman–Crippen MR) is 74.4 cm³/mol. The minimum atomic E-state index is 0.299. The Balaban J connectivity index is 1.89. The summed E-state index contributed by atoms with van der Waals surface area (Å²) in [5.41, 5.74) is 1.88. The number of hydrogen-bond donors (Lipinski definition) is 1. The van der Waals surface area contributed by atoms with E-state index >= 15 is 0 Å². The lowest BCUT2D eigenvalue weighted by Gasteiger charge is -2.21. The minimum absolute atomic E-state index is 0.299. The molecule has 4 heteroatoms. The molecule has 0 saturated heterocycles. The maximum absolute atomic E-state index is 8.75. The molecule has 1 aromatic heterocycles. The number of benzene rings is 1. The number of rotatable bonds is 5. The van der Waals surface area contributed by atoms with Gasteiger partial charge in [-0.05, 0) is 37.6 Å². The van der Waals surface area contributed by atoms with Gasteiger partial charge in [0.25, 0.3) is 0 Å². The van der Waals surface area contributed by atoms with E-state index in [4.69, 9.17) is 5.26 Å². The molecule has 0 spiro atoms. The van der Waals surface area contributed by atoms with Crippen LogP contribution in [0.2, 0.25) is 0 Å². The van der Waals surface area contributed by atoms with Crippen molar-refractivity contribution in [3.05, 3.63) is 53.9 Å². The Kier molecular flexibility index (Phi) is 4.32. The first-order valence-electron chi connectivity index (χ1n) is 6.42. The second-order valence-electron chi connectivity index (χ2n) is 4.70. The van der Waals surface area contributed by atoms with Gasteiger partial charge in [0.15, 0.2) is 0 Å². The third-order valence-corrected chi connectivity index (χ3v) is 3.38. The molecular formula is C15H18N4. The van der Waals surface area contributed by atoms with Gasteiger partial charge in [0.2, 0.25) is 0 Å². The maximum atomic E-state index is 8.75. The molecule has 2 rings (SSSR count). The molecule has 0 bridgehead atoms. The molecular weight excluding hydrogens is 236 g/mol. The molecule has 98 valence electrons. The Morgan fingerprint density at radius 3 is 2.63 bits per heavy atom. The summed E-state index contributed by atoms with van der Waals surface area (Å²) in [4.78, 5) is 0. The molecule has 0 amide bonds.